The van der Waals surface area contributed by atoms with Crippen molar-refractivity contribution in [3.63, 3.8) is 0 Å². The lowest BCUT2D eigenvalue weighted by Gasteiger charge is -2.47. The molecule has 0 N–H and O–H groups in total. The molecule has 1 rings (SSSR count). The number of carbonyl (C=O) groups is 2. The van der Waals surface area contributed by atoms with Crippen LogP contribution in [0.2, 0.25) is 0 Å². The van der Waals surface area contributed by atoms with E-state index in [1.54, 1.807) is 0 Å². The SMILES string of the molecule is CCCC1CC(Br)(C(=O)OC)C1C(=O)OC. The Labute approximate surface area is 104 Å². The summed E-state index contributed by atoms with van der Waals surface area (Å²) in [6.45, 7) is 2.06. The Balaban J connectivity index is 2.82. The summed E-state index contributed by atoms with van der Waals surface area (Å²) in [6.07, 6.45) is 2.54. The summed E-state index contributed by atoms with van der Waals surface area (Å²) in [5.41, 5.74) is 0. The van der Waals surface area contributed by atoms with Gasteiger partial charge in [0.25, 0.3) is 0 Å². The Kier molecular flexibility index (Phi) is 4.35. The molecule has 0 aromatic carbocycles. The fraction of sp³-hybridized carbons (Fsp3) is 0.818. The van der Waals surface area contributed by atoms with Crippen LogP contribution in [0.4, 0.5) is 0 Å². The van der Waals surface area contributed by atoms with Crippen LogP contribution in [0.15, 0.2) is 0 Å². The van der Waals surface area contributed by atoms with E-state index in [4.69, 9.17) is 9.47 Å². The number of methoxy groups -OCH3 is 2. The van der Waals surface area contributed by atoms with Gasteiger partial charge in [0.05, 0.1) is 20.1 Å². The molecule has 0 radical (unpaired) electrons. The molecule has 92 valence electrons. The highest BCUT2D eigenvalue weighted by atomic mass is 79.9. The fourth-order valence-electron chi connectivity index (χ4n) is 2.37. The van der Waals surface area contributed by atoms with E-state index in [0.717, 1.165) is 12.8 Å². The Bertz CT molecular complexity index is 292. The van der Waals surface area contributed by atoms with E-state index in [-0.39, 0.29) is 11.9 Å². The van der Waals surface area contributed by atoms with Gasteiger partial charge in [0.2, 0.25) is 0 Å². The van der Waals surface area contributed by atoms with Gasteiger partial charge in [-0.25, -0.2) is 0 Å². The van der Waals surface area contributed by atoms with Crippen LogP contribution in [-0.4, -0.2) is 30.5 Å². The van der Waals surface area contributed by atoms with Gasteiger partial charge in [-0.3, -0.25) is 9.59 Å². The van der Waals surface area contributed by atoms with E-state index >= 15 is 0 Å². The molecule has 0 saturated heterocycles. The van der Waals surface area contributed by atoms with Gasteiger partial charge >= 0.3 is 11.9 Å². The van der Waals surface area contributed by atoms with Crippen LogP contribution in [-0.2, 0) is 19.1 Å². The molecule has 1 fully saturated rings. The van der Waals surface area contributed by atoms with Gasteiger partial charge in [-0.2, -0.15) is 0 Å². The number of rotatable bonds is 4. The molecule has 0 aromatic rings. The highest BCUT2D eigenvalue weighted by Crippen LogP contribution is 2.53. The predicted octanol–water partition coefficient (Wildman–Crippen LogP) is 1.90. The number of alkyl halides is 1. The monoisotopic (exact) mass is 292 g/mol. The topological polar surface area (TPSA) is 52.6 Å². The lowest BCUT2D eigenvalue weighted by Crippen LogP contribution is -2.58. The first kappa shape index (κ1) is 13.5. The minimum absolute atomic E-state index is 0.205. The van der Waals surface area contributed by atoms with Crippen LogP contribution in [0.5, 0.6) is 0 Å². The fourth-order valence-corrected chi connectivity index (χ4v) is 3.50. The molecule has 4 nitrogen and oxygen atoms in total. The molecular formula is C11H17BrO4. The second kappa shape index (κ2) is 5.17. The second-order valence-corrected chi connectivity index (χ2v) is 5.52. The van der Waals surface area contributed by atoms with Gasteiger partial charge in [0.1, 0.15) is 4.32 Å². The molecule has 3 atom stereocenters. The van der Waals surface area contributed by atoms with Crippen molar-refractivity contribution in [3.8, 4) is 0 Å². The molecule has 1 aliphatic carbocycles. The van der Waals surface area contributed by atoms with Crippen molar-refractivity contribution in [2.75, 3.05) is 14.2 Å². The maximum atomic E-state index is 11.7. The molecule has 1 aliphatic rings. The highest BCUT2D eigenvalue weighted by Gasteiger charge is 2.61. The molecule has 0 aliphatic heterocycles. The van der Waals surface area contributed by atoms with E-state index < -0.39 is 16.2 Å². The Morgan fingerprint density at radius 3 is 2.44 bits per heavy atom. The third kappa shape index (κ3) is 2.10. The normalized spacial score (nSPS) is 32.8. The summed E-state index contributed by atoms with van der Waals surface area (Å²) >= 11 is 3.34. The van der Waals surface area contributed by atoms with Gasteiger partial charge in [0.15, 0.2) is 0 Å². The van der Waals surface area contributed by atoms with E-state index in [9.17, 15) is 9.59 Å². The zero-order chi connectivity index (χ0) is 12.3. The summed E-state index contributed by atoms with van der Waals surface area (Å²) in [5, 5.41) is 0. The molecular weight excluding hydrogens is 276 g/mol. The average molecular weight is 293 g/mol. The van der Waals surface area contributed by atoms with Crippen molar-refractivity contribution in [1.29, 1.82) is 0 Å². The number of ether oxygens (including phenoxy) is 2. The Hall–Kier alpha value is -0.580. The number of esters is 2. The first-order valence-corrected chi connectivity index (χ1v) is 6.15. The summed E-state index contributed by atoms with van der Waals surface area (Å²) in [7, 11) is 2.67. The van der Waals surface area contributed by atoms with Gasteiger partial charge in [-0.1, -0.05) is 29.3 Å². The van der Waals surface area contributed by atoms with Crippen LogP contribution < -0.4 is 0 Å². The molecule has 1 saturated carbocycles. The van der Waals surface area contributed by atoms with Crippen LogP contribution >= 0.6 is 15.9 Å². The van der Waals surface area contributed by atoms with Crippen LogP contribution in [0.25, 0.3) is 0 Å². The predicted molar refractivity (Wildman–Crippen MR) is 62.2 cm³/mol. The summed E-state index contributed by atoms with van der Waals surface area (Å²) < 4.78 is 8.58. The molecule has 0 amide bonds. The van der Waals surface area contributed by atoms with Crippen molar-refractivity contribution >= 4 is 27.9 Å². The Morgan fingerprint density at radius 2 is 2.00 bits per heavy atom. The van der Waals surface area contributed by atoms with E-state index in [2.05, 4.69) is 22.9 Å². The van der Waals surface area contributed by atoms with Crippen molar-refractivity contribution in [1.82, 2.24) is 0 Å². The zero-order valence-corrected chi connectivity index (χ0v) is 11.4. The lowest BCUT2D eigenvalue weighted by molar-refractivity contribution is -0.165. The lowest BCUT2D eigenvalue weighted by atomic mass is 9.63. The second-order valence-electron chi connectivity index (χ2n) is 4.11. The number of halogens is 1. The summed E-state index contributed by atoms with van der Waals surface area (Å²) in [4.78, 5) is 23.3. The molecule has 0 heterocycles. The number of hydrogen-bond donors (Lipinski definition) is 0. The molecule has 0 spiro atoms. The third-order valence-electron chi connectivity index (χ3n) is 3.16. The Morgan fingerprint density at radius 1 is 1.38 bits per heavy atom. The van der Waals surface area contributed by atoms with E-state index in [1.165, 1.54) is 14.2 Å². The molecule has 0 bridgehead atoms. The molecule has 5 heteroatoms. The average Bonchev–Trinajstić information content (AvgIpc) is 2.26. The van der Waals surface area contributed by atoms with Gasteiger partial charge < -0.3 is 9.47 Å². The number of carbonyl (C=O) groups excluding carboxylic acids is 2. The molecule has 0 aromatic heterocycles. The van der Waals surface area contributed by atoms with E-state index in [0.29, 0.717) is 6.42 Å². The largest absolute Gasteiger partial charge is 0.469 e. The maximum absolute atomic E-state index is 11.7. The quantitative estimate of drug-likeness (QED) is 0.587. The van der Waals surface area contributed by atoms with Gasteiger partial charge in [-0.05, 0) is 18.8 Å². The van der Waals surface area contributed by atoms with Gasteiger partial charge in [0, 0.05) is 0 Å². The van der Waals surface area contributed by atoms with Crippen molar-refractivity contribution < 1.29 is 19.1 Å². The van der Waals surface area contributed by atoms with Crippen molar-refractivity contribution in [2.24, 2.45) is 11.8 Å². The summed E-state index contributed by atoms with van der Waals surface area (Å²) in [6, 6.07) is 0. The minimum Gasteiger partial charge on any atom is -0.469 e. The van der Waals surface area contributed by atoms with Gasteiger partial charge in [-0.15, -0.1) is 0 Å². The first-order valence-electron chi connectivity index (χ1n) is 5.36. The zero-order valence-electron chi connectivity index (χ0n) is 9.79. The smallest absolute Gasteiger partial charge is 0.323 e. The number of hydrogen-bond acceptors (Lipinski definition) is 4. The standard InChI is InChI=1S/C11H17BrO4/c1-4-5-7-6-11(12,10(14)16-3)8(7)9(13)15-2/h7-8H,4-6H2,1-3H3. The van der Waals surface area contributed by atoms with Crippen molar-refractivity contribution in [3.05, 3.63) is 0 Å². The first-order chi connectivity index (χ1) is 7.51. The van der Waals surface area contributed by atoms with Crippen LogP contribution in [0, 0.1) is 11.8 Å². The molecule has 3 unspecified atom stereocenters. The minimum atomic E-state index is -0.880. The van der Waals surface area contributed by atoms with E-state index in [1.807, 2.05) is 0 Å². The van der Waals surface area contributed by atoms with Crippen LogP contribution in [0.1, 0.15) is 26.2 Å². The van der Waals surface area contributed by atoms with Crippen molar-refractivity contribution in [2.45, 2.75) is 30.5 Å². The molecule has 16 heavy (non-hydrogen) atoms. The third-order valence-corrected chi connectivity index (χ3v) is 4.30. The summed E-state index contributed by atoms with van der Waals surface area (Å²) in [5.74, 6) is -0.956. The maximum Gasteiger partial charge on any atom is 0.323 e. The highest BCUT2D eigenvalue weighted by molar-refractivity contribution is 9.10. The van der Waals surface area contributed by atoms with Crippen LogP contribution in [0.3, 0.4) is 0 Å².